The van der Waals surface area contributed by atoms with Gasteiger partial charge in [0.15, 0.2) is 0 Å². The van der Waals surface area contributed by atoms with Gasteiger partial charge in [-0.05, 0) is 29.3 Å². The molecule has 1 amide bonds. The maximum atomic E-state index is 12.9. The van der Waals surface area contributed by atoms with E-state index in [1.165, 1.54) is 0 Å². The standard InChI is InChI=1S/C18H21N3O2.ClH/c1-23-13-14-4-6-15(7-5-14)18(22)21-10-9-20-12-17(21)16-3-2-8-19-11-16;/h2-8,11,17,20H,9-10,12-13H2,1H3;1H. The van der Waals surface area contributed by atoms with E-state index in [1.54, 1.807) is 13.3 Å². The first-order valence-corrected chi connectivity index (χ1v) is 7.79. The molecule has 0 spiro atoms. The fourth-order valence-electron chi connectivity index (χ4n) is 2.89. The maximum absolute atomic E-state index is 12.9. The Morgan fingerprint density at radius 2 is 2.12 bits per heavy atom. The third-order valence-electron chi connectivity index (χ3n) is 4.09. The summed E-state index contributed by atoms with van der Waals surface area (Å²) < 4.78 is 5.11. The molecule has 3 rings (SSSR count). The van der Waals surface area contributed by atoms with Gasteiger partial charge in [-0.1, -0.05) is 18.2 Å². The van der Waals surface area contributed by atoms with E-state index in [2.05, 4.69) is 10.3 Å². The minimum Gasteiger partial charge on any atom is -0.380 e. The van der Waals surface area contributed by atoms with Gasteiger partial charge in [0.1, 0.15) is 0 Å². The summed E-state index contributed by atoms with van der Waals surface area (Å²) in [7, 11) is 1.66. The Labute approximate surface area is 148 Å². The van der Waals surface area contributed by atoms with Crippen molar-refractivity contribution in [2.24, 2.45) is 0 Å². The van der Waals surface area contributed by atoms with E-state index in [1.807, 2.05) is 47.5 Å². The largest absolute Gasteiger partial charge is 0.380 e. The van der Waals surface area contributed by atoms with Crippen LogP contribution < -0.4 is 5.32 Å². The molecule has 1 atom stereocenters. The van der Waals surface area contributed by atoms with Crippen molar-refractivity contribution in [3.63, 3.8) is 0 Å². The van der Waals surface area contributed by atoms with Gasteiger partial charge < -0.3 is 15.0 Å². The van der Waals surface area contributed by atoms with Crippen LogP contribution in [0.25, 0.3) is 0 Å². The first kappa shape index (κ1) is 18.4. The molecule has 1 saturated heterocycles. The number of hydrogen-bond donors (Lipinski definition) is 1. The number of nitrogens with one attached hydrogen (secondary N) is 1. The smallest absolute Gasteiger partial charge is 0.254 e. The second kappa shape index (κ2) is 8.78. The lowest BCUT2D eigenvalue weighted by molar-refractivity contribution is 0.0634. The molecule has 1 fully saturated rings. The van der Waals surface area contributed by atoms with Crippen molar-refractivity contribution in [3.05, 3.63) is 65.5 Å². The van der Waals surface area contributed by atoms with Gasteiger partial charge in [0.25, 0.3) is 5.91 Å². The van der Waals surface area contributed by atoms with Crippen LogP contribution in [0.1, 0.15) is 27.5 Å². The highest BCUT2D eigenvalue weighted by molar-refractivity contribution is 5.94. The van der Waals surface area contributed by atoms with Gasteiger partial charge >= 0.3 is 0 Å². The van der Waals surface area contributed by atoms with E-state index < -0.39 is 0 Å². The van der Waals surface area contributed by atoms with Crippen LogP contribution in [-0.4, -0.2) is 42.5 Å². The van der Waals surface area contributed by atoms with E-state index in [4.69, 9.17) is 4.74 Å². The van der Waals surface area contributed by atoms with E-state index in [0.29, 0.717) is 18.7 Å². The fourth-order valence-corrected chi connectivity index (χ4v) is 2.89. The number of nitrogens with zero attached hydrogens (tertiary/aromatic N) is 2. The summed E-state index contributed by atoms with van der Waals surface area (Å²) in [6.45, 7) is 2.81. The minimum absolute atomic E-state index is 0. The van der Waals surface area contributed by atoms with Crippen molar-refractivity contribution in [1.82, 2.24) is 15.2 Å². The van der Waals surface area contributed by atoms with Gasteiger partial charge in [-0.15, -0.1) is 12.4 Å². The zero-order valence-corrected chi connectivity index (χ0v) is 14.5. The average molecular weight is 348 g/mol. The monoisotopic (exact) mass is 347 g/mol. The summed E-state index contributed by atoms with van der Waals surface area (Å²) in [6.07, 6.45) is 3.58. The first-order valence-electron chi connectivity index (χ1n) is 7.79. The summed E-state index contributed by atoms with van der Waals surface area (Å²) in [5.74, 6) is 0.0596. The number of aromatic nitrogens is 1. The SMILES string of the molecule is COCc1ccc(C(=O)N2CCNCC2c2cccnc2)cc1.Cl. The topological polar surface area (TPSA) is 54.5 Å². The number of amides is 1. The fraction of sp³-hybridized carbons (Fsp3) is 0.333. The van der Waals surface area contributed by atoms with Crippen molar-refractivity contribution >= 4 is 18.3 Å². The van der Waals surface area contributed by atoms with Gasteiger partial charge in [0.2, 0.25) is 0 Å². The first-order chi connectivity index (χ1) is 11.3. The zero-order chi connectivity index (χ0) is 16.1. The van der Waals surface area contributed by atoms with Crippen LogP contribution in [0.15, 0.2) is 48.8 Å². The van der Waals surface area contributed by atoms with Crippen LogP contribution in [0.4, 0.5) is 0 Å². The Morgan fingerprint density at radius 3 is 2.79 bits per heavy atom. The molecule has 2 aromatic rings. The molecular formula is C18H22ClN3O2. The summed E-state index contributed by atoms with van der Waals surface area (Å²) in [5, 5.41) is 3.36. The number of carbonyl (C=O) groups is 1. The number of rotatable bonds is 4. The second-order valence-corrected chi connectivity index (χ2v) is 5.63. The normalized spacial score (nSPS) is 17.2. The lowest BCUT2D eigenvalue weighted by Crippen LogP contribution is -2.48. The molecule has 6 heteroatoms. The lowest BCUT2D eigenvalue weighted by atomic mass is 10.0. The Balaban J connectivity index is 0.00000208. The number of hydrogen-bond acceptors (Lipinski definition) is 4. The minimum atomic E-state index is 0. The summed E-state index contributed by atoms with van der Waals surface area (Å²) in [5.41, 5.74) is 2.83. The molecule has 1 aromatic carbocycles. The van der Waals surface area contributed by atoms with Crippen LogP contribution in [0, 0.1) is 0 Å². The van der Waals surface area contributed by atoms with Crippen molar-refractivity contribution in [1.29, 1.82) is 0 Å². The van der Waals surface area contributed by atoms with E-state index >= 15 is 0 Å². The summed E-state index contributed by atoms with van der Waals surface area (Å²) >= 11 is 0. The van der Waals surface area contributed by atoms with E-state index in [9.17, 15) is 4.79 Å². The molecule has 0 radical (unpaired) electrons. The molecule has 128 valence electrons. The number of piperazine rings is 1. The van der Waals surface area contributed by atoms with Gasteiger partial charge in [0, 0.05) is 44.7 Å². The molecule has 0 aliphatic carbocycles. The third-order valence-corrected chi connectivity index (χ3v) is 4.09. The van der Waals surface area contributed by atoms with Crippen molar-refractivity contribution in [3.8, 4) is 0 Å². The maximum Gasteiger partial charge on any atom is 0.254 e. The predicted molar refractivity (Wildman–Crippen MR) is 95.3 cm³/mol. The highest BCUT2D eigenvalue weighted by atomic mass is 35.5. The van der Waals surface area contributed by atoms with Crippen LogP contribution >= 0.6 is 12.4 Å². The molecule has 0 saturated carbocycles. The number of halogens is 1. The highest BCUT2D eigenvalue weighted by Gasteiger charge is 2.28. The Bertz CT molecular complexity index is 649. The van der Waals surface area contributed by atoms with Crippen LogP contribution in [0.3, 0.4) is 0 Å². The average Bonchev–Trinajstić information content (AvgIpc) is 2.63. The summed E-state index contributed by atoms with van der Waals surface area (Å²) in [4.78, 5) is 19.0. The molecule has 1 aliphatic heterocycles. The Kier molecular flexibility index (Phi) is 6.73. The van der Waals surface area contributed by atoms with Crippen LogP contribution in [0.2, 0.25) is 0 Å². The van der Waals surface area contributed by atoms with Crippen LogP contribution in [-0.2, 0) is 11.3 Å². The summed E-state index contributed by atoms with van der Waals surface area (Å²) in [6, 6.07) is 11.6. The molecule has 1 aromatic heterocycles. The number of benzene rings is 1. The predicted octanol–water partition coefficient (Wildman–Crippen LogP) is 2.44. The quantitative estimate of drug-likeness (QED) is 0.923. The number of carbonyl (C=O) groups excluding carboxylic acids is 1. The number of methoxy groups -OCH3 is 1. The molecule has 1 N–H and O–H groups in total. The lowest BCUT2D eigenvalue weighted by Gasteiger charge is -2.36. The Hall–Kier alpha value is -1.95. The molecule has 24 heavy (non-hydrogen) atoms. The molecule has 5 nitrogen and oxygen atoms in total. The van der Waals surface area contributed by atoms with Crippen molar-refractivity contribution in [2.45, 2.75) is 12.6 Å². The van der Waals surface area contributed by atoms with Crippen LogP contribution in [0.5, 0.6) is 0 Å². The molecule has 1 aliphatic rings. The van der Waals surface area contributed by atoms with E-state index in [-0.39, 0.29) is 24.4 Å². The third kappa shape index (κ3) is 4.12. The highest BCUT2D eigenvalue weighted by Crippen LogP contribution is 2.23. The number of pyridine rings is 1. The van der Waals surface area contributed by atoms with Crippen molar-refractivity contribution < 1.29 is 9.53 Å². The molecule has 1 unspecified atom stereocenters. The van der Waals surface area contributed by atoms with Gasteiger partial charge in [-0.3, -0.25) is 9.78 Å². The van der Waals surface area contributed by atoms with E-state index in [0.717, 1.165) is 24.2 Å². The number of ether oxygens (including phenoxy) is 1. The molecular weight excluding hydrogens is 326 g/mol. The van der Waals surface area contributed by atoms with Gasteiger partial charge in [-0.2, -0.15) is 0 Å². The Morgan fingerprint density at radius 1 is 1.33 bits per heavy atom. The molecule has 2 heterocycles. The van der Waals surface area contributed by atoms with Gasteiger partial charge in [-0.25, -0.2) is 0 Å². The zero-order valence-electron chi connectivity index (χ0n) is 13.6. The van der Waals surface area contributed by atoms with Gasteiger partial charge in [0.05, 0.1) is 12.6 Å². The van der Waals surface area contributed by atoms with Crippen molar-refractivity contribution in [2.75, 3.05) is 26.7 Å². The molecule has 0 bridgehead atoms. The second-order valence-electron chi connectivity index (χ2n) is 5.63.